The van der Waals surface area contributed by atoms with Crippen LogP contribution in [0.15, 0.2) is 36.6 Å². The number of benzene rings is 1. The third-order valence-electron chi connectivity index (χ3n) is 9.16. The van der Waals surface area contributed by atoms with Gasteiger partial charge in [-0.05, 0) is 36.1 Å². The van der Waals surface area contributed by atoms with E-state index in [1.807, 2.05) is 0 Å². The van der Waals surface area contributed by atoms with E-state index >= 15 is 0 Å². The van der Waals surface area contributed by atoms with Crippen molar-refractivity contribution in [1.29, 1.82) is 0 Å². The molecule has 18 heteroatoms. The molecular weight excluding hydrogens is 730 g/mol. The monoisotopic (exact) mass is 775 g/mol. The summed E-state index contributed by atoms with van der Waals surface area (Å²) in [5, 5.41) is 10.3. The zero-order valence-electron chi connectivity index (χ0n) is 31.5. The molecule has 300 valence electrons. The molecule has 0 spiro atoms. The molecule has 0 unspecified atom stereocenters. The Bertz CT molecular complexity index is 1720. The lowest BCUT2D eigenvalue weighted by Crippen LogP contribution is -2.63. The second kappa shape index (κ2) is 18.2. The first-order valence-electron chi connectivity index (χ1n) is 17.3. The number of carbonyl (C=O) groups excluding carboxylic acids is 6. The van der Waals surface area contributed by atoms with Crippen LogP contribution in [0.3, 0.4) is 0 Å². The normalized spacial score (nSPS) is 27.1. The highest BCUT2D eigenvalue weighted by Gasteiger charge is 2.54. The molecule has 0 bridgehead atoms. The summed E-state index contributed by atoms with van der Waals surface area (Å²) in [6.45, 7) is 10.6. The lowest BCUT2D eigenvalue weighted by molar-refractivity contribution is -0.342. The van der Waals surface area contributed by atoms with Crippen LogP contribution < -0.4 is 9.47 Å². The van der Waals surface area contributed by atoms with E-state index in [9.17, 15) is 38.7 Å². The zero-order chi connectivity index (χ0) is 40.7. The van der Waals surface area contributed by atoms with Gasteiger partial charge in [-0.15, -0.1) is 6.58 Å². The van der Waals surface area contributed by atoms with Gasteiger partial charge in [0.15, 0.2) is 29.8 Å². The molecule has 1 amide bonds. The predicted octanol–water partition coefficient (Wildman–Crippen LogP) is 2.30. The molecule has 4 rings (SSSR count). The molecule has 1 aromatic rings. The maximum absolute atomic E-state index is 13.0. The second-order valence-corrected chi connectivity index (χ2v) is 13.0. The Hall–Kier alpha value is -5.49. The summed E-state index contributed by atoms with van der Waals surface area (Å²) in [6.07, 6.45) is -6.17. The van der Waals surface area contributed by atoms with Gasteiger partial charge >= 0.3 is 35.8 Å². The van der Waals surface area contributed by atoms with Crippen molar-refractivity contribution in [2.75, 3.05) is 20.3 Å². The van der Waals surface area contributed by atoms with Crippen LogP contribution in [0.25, 0.3) is 0 Å². The van der Waals surface area contributed by atoms with Crippen LogP contribution in [0.5, 0.6) is 11.5 Å². The summed E-state index contributed by atoms with van der Waals surface area (Å²) >= 11 is 0. The molecule has 3 heterocycles. The Morgan fingerprint density at radius 3 is 2.04 bits per heavy atom. The Kier molecular flexibility index (Phi) is 14.0. The van der Waals surface area contributed by atoms with Crippen molar-refractivity contribution < 1.29 is 81.3 Å². The molecule has 3 aliphatic heterocycles. The third kappa shape index (κ3) is 10.2. The minimum atomic E-state index is -1.66. The van der Waals surface area contributed by atoms with Crippen molar-refractivity contribution >= 4 is 41.7 Å². The number of carboxylic acid groups (broad SMARTS) is 1. The maximum Gasteiger partial charge on any atom is 0.334 e. The molecule has 1 saturated heterocycles. The number of carboxylic acids is 1. The van der Waals surface area contributed by atoms with Crippen molar-refractivity contribution in [1.82, 2.24) is 4.90 Å². The highest BCUT2D eigenvalue weighted by molar-refractivity contribution is 5.87. The number of nitrogens with zero attached hydrogens (tertiary/aromatic N) is 1. The quantitative estimate of drug-likeness (QED) is 0.131. The van der Waals surface area contributed by atoms with E-state index in [1.54, 1.807) is 17.0 Å². The summed E-state index contributed by atoms with van der Waals surface area (Å²) in [7, 11) is 1.42. The molecule has 0 aromatic heterocycles. The maximum atomic E-state index is 13.0. The first kappa shape index (κ1) is 42.3. The van der Waals surface area contributed by atoms with Crippen LogP contribution in [-0.4, -0.2) is 109 Å². The fourth-order valence-electron chi connectivity index (χ4n) is 7.01. The summed E-state index contributed by atoms with van der Waals surface area (Å²) in [4.78, 5) is 87.9. The number of fused-ring (bicyclic) bond motifs is 1. The van der Waals surface area contributed by atoms with E-state index in [2.05, 4.69) is 6.58 Å². The van der Waals surface area contributed by atoms with Gasteiger partial charge in [-0.25, -0.2) is 4.79 Å². The van der Waals surface area contributed by atoms with Gasteiger partial charge in [0, 0.05) is 59.9 Å². The fourth-order valence-corrected chi connectivity index (χ4v) is 7.01. The second-order valence-electron chi connectivity index (χ2n) is 13.0. The van der Waals surface area contributed by atoms with Crippen LogP contribution in [0.2, 0.25) is 0 Å². The van der Waals surface area contributed by atoms with Gasteiger partial charge in [0.2, 0.25) is 18.5 Å². The summed E-state index contributed by atoms with van der Waals surface area (Å²) in [5.74, 6) is -7.04. The van der Waals surface area contributed by atoms with Crippen LogP contribution in [0.4, 0.5) is 0 Å². The van der Waals surface area contributed by atoms with Gasteiger partial charge in [0.05, 0.1) is 25.0 Å². The molecule has 9 atom stereocenters. The number of esters is 5. The van der Waals surface area contributed by atoms with E-state index in [0.29, 0.717) is 17.7 Å². The predicted molar refractivity (Wildman–Crippen MR) is 184 cm³/mol. The van der Waals surface area contributed by atoms with Crippen LogP contribution in [0, 0.1) is 11.8 Å². The third-order valence-corrected chi connectivity index (χ3v) is 9.16. The van der Waals surface area contributed by atoms with E-state index in [-0.39, 0.29) is 30.2 Å². The number of amides is 1. The van der Waals surface area contributed by atoms with Gasteiger partial charge in [-0.3, -0.25) is 28.8 Å². The summed E-state index contributed by atoms with van der Waals surface area (Å²) < 4.78 is 50.6. The molecule has 55 heavy (non-hydrogen) atoms. The molecule has 3 aliphatic rings. The average Bonchev–Trinajstić information content (AvgIpc) is 3.08. The average molecular weight is 776 g/mol. The summed E-state index contributed by atoms with van der Waals surface area (Å²) in [6, 6.07) is 2.55. The molecule has 0 radical (unpaired) electrons. The van der Waals surface area contributed by atoms with E-state index < -0.39 is 97.3 Å². The first-order chi connectivity index (χ1) is 25.9. The Morgan fingerprint density at radius 2 is 1.49 bits per heavy atom. The van der Waals surface area contributed by atoms with Crippen molar-refractivity contribution in [3.8, 4) is 11.5 Å². The Labute approximate surface area is 316 Å². The number of carbonyl (C=O) groups is 7. The Balaban J connectivity index is 1.78. The Morgan fingerprint density at radius 1 is 0.855 bits per heavy atom. The molecule has 0 saturated carbocycles. The van der Waals surface area contributed by atoms with E-state index in [4.69, 9.17) is 42.6 Å². The van der Waals surface area contributed by atoms with Gasteiger partial charge in [-0.2, -0.15) is 0 Å². The topological polar surface area (TPSA) is 226 Å². The molecule has 18 nitrogen and oxygen atoms in total. The number of ether oxygens (including phenoxy) is 9. The highest BCUT2D eigenvalue weighted by Crippen LogP contribution is 2.46. The van der Waals surface area contributed by atoms with Crippen LogP contribution >= 0.6 is 0 Å². The first-order valence-corrected chi connectivity index (χ1v) is 17.3. The van der Waals surface area contributed by atoms with Gasteiger partial charge in [-0.1, -0.05) is 6.08 Å². The lowest BCUT2D eigenvalue weighted by atomic mass is 9.76. The number of aliphatic carboxylic acids is 1. The summed E-state index contributed by atoms with van der Waals surface area (Å²) in [5.41, 5.74) is 1.19. The number of methoxy groups -OCH3 is 1. The van der Waals surface area contributed by atoms with E-state index in [0.717, 1.165) is 39.5 Å². The SMILES string of the molecule is C=C[C@H]1[C@H](O[C@@H]2O[C@H](COC(C)=O)[C@@H](OC(C)=O)[C@H](OC(C)=O)[C@H]2OC(C)=O)OC=C(C(=O)O)[C@H]1C[C@@H]1c2cc(OC(C)=O)c(OC)cc2CCN1C(C)=O. The number of hydrogen-bond acceptors (Lipinski definition) is 16. The van der Waals surface area contributed by atoms with Crippen LogP contribution in [-0.2, 0) is 73.1 Å². The van der Waals surface area contributed by atoms with Crippen molar-refractivity contribution in [3.05, 3.63) is 47.7 Å². The van der Waals surface area contributed by atoms with Crippen molar-refractivity contribution in [2.45, 2.75) is 97.4 Å². The standard InChI is InChI=1S/C37H45NO17/c1-9-24-26(13-28-25-14-30(50-19(4)41)29(47-8)12-23(25)10-11-38(28)17(2)39)27(35(45)46)15-49-36(24)55-37-34(53-22(7)44)33(52-21(6)43)32(51-20(5)42)31(54-37)16-48-18(3)40/h9,12,14-15,24,26,28,31-34,36-37H,1,10-11,13,16H2,2-8H3,(H,45,46)/t24-,26+,28-,31-,32-,33+,34-,36+,37+/m1/s1. The van der Waals surface area contributed by atoms with E-state index in [1.165, 1.54) is 27.0 Å². The fraction of sp³-hybridized carbons (Fsp3) is 0.541. The zero-order valence-corrected chi connectivity index (χ0v) is 31.5. The largest absolute Gasteiger partial charge is 0.493 e. The minimum Gasteiger partial charge on any atom is -0.493 e. The molecule has 1 N–H and O–H groups in total. The molecule has 0 aliphatic carbocycles. The minimum absolute atomic E-state index is 0.0188. The highest BCUT2D eigenvalue weighted by atomic mass is 16.8. The molecule has 1 fully saturated rings. The number of rotatable bonds is 13. The van der Waals surface area contributed by atoms with Gasteiger partial charge in [0.25, 0.3) is 0 Å². The van der Waals surface area contributed by atoms with Crippen molar-refractivity contribution in [3.63, 3.8) is 0 Å². The lowest BCUT2D eigenvalue weighted by Gasteiger charge is -2.46. The molecule has 1 aromatic carbocycles. The van der Waals surface area contributed by atoms with Crippen LogP contribution in [0.1, 0.15) is 65.1 Å². The van der Waals surface area contributed by atoms with Gasteiger partial charge in [0.1, 0.15) is 12.7 Å². The van der Waals surface area contributed by atoms with Gasteiger partial charge < -0.3 is 52.6 Å². The number of hydrogen-bond donors (Lipinski definition) is 1. The smallest absolute Gasteiger partial charge is 0.334 e. The van der Waals surface area contributed by atoms with Crippen molar-refractivity contribution in [2.24, 2.45) is 11.8 Å². The molecular formula is C37H45NO17.